The Bertz CT molecular complexity index is 243. The molecule has 0 atom stereocenters. The number of hydrogen-bond acceptors (Lipinski definition) is 7. The van der Waals surface area contributed by atoms with Crippen molar-refractivity contribution in [1.82, 2.24) is 10.2 Å². The molecule has 0 aromatic carbocycles. The van der Waals surface area contributed by atoms with Crippen LogP contribution in [0.25, 0.3) is 0 Å². The van der Waals surface area contributed by atoms with Gasteiger partial charge in [0.05, 0.1) is 6.10 Å². The normalized spacial score (nSPS) is 16.2. The average molecular weight is 321 g/mol. The maximum atomic E-state index is 9.34. The van der Waals surface area contributed by atoms with Crippen molar-refractivity contribution in [2.45, 2.75) is 38.7 Å². The molecule has 22 heavy (non-hydrogen) atoms. The summed E-state index contributed by atoms with van der Waals surface area (Å²) in [7, 11) is 1.00. The largest absolute Gasteiger partial charge is 0.401 e. The quantitative estimate of drug-likeness (QED) is 0.340. The van der Waals surface area contributed by atoms with Gasteiger partial charge in [-0.3, -0.25) is 0 Å². The minimum absolute atomic E-state index is 0.0913. The zero-order valence-electron chi connectivity index (χ0n) is 14.0. The minimum Gasteiger partial charge on any atom is -0.401 e. The average Bonchev–Trinajstić information content (AvgIpc) is 2.55. The Morgan fingerprint density at radius 2 is 1.77 bits per heavy atom. The van der Waals surface area contributed by atoms with Crippen LogP contribution in [0.15, 0.2) is 11.9 Å². The molecule has 1 aliphatic rings. The number of likely N-dealkylation sites (tertiary alicyclic amines) is 1. The van der Waals surface area contributed by atoms with Gasteiger partial charge in [-0.2, -0.15) is 0 Å². The van der Waals surface area contributed by atoms with Gasteiger partial charge in [0.25, 0.3) is 0 Å². The van der Waals surface area contributed by atoms with Crippen LogP contribution in [0.1, 0.15) is 32.6 Å². The van der Waals surface area contributed by atoms with Gasteiger partial charge in [-0.15, -0.1) is 0 Å². The first-order valence-corrected chi connectivity index (χ1v) is 7.88. The Morgan fingerprint density at radius 1 is 1.23 bits per heavy atom. The minimum atomic E-state index is -0.107. The van der Waals surface area contributed by atoms with Crippen LogP contribution in [0.4, 0.5) is 0 Å². The lowest BCUT2D eigenvalue weighted by molar-refractivity contribution is 0.0834. The van der Waals surface area contributed by atoms with Gasteiger partial charge in [0.1, 0.15) is 0 Å². The fraction of sp³-hybridized carbons (Fsp3) is 0.867. The highest BCUT2D eigenvalue weighted by atomic mass is 16.3. The van der Waals surface area contributed by atoms with E-state index < -0.39 is 0 Å². The number of nitrogens with two attached hydrogens (primary N) is 1. The van der Waals surface area contributed by atoms with Gasteiger partial charge in [0.2, 0.25) is 0 Å². The van der Waals surface area contributed by atoms with E-state index in [4.69, 9.17) is 21.1 Å². The summed E-state index contributed by atoms with van der Waals surface area (Å²) in [5, 5.41) is 36.0. The zero-order chi connectivity index (χ0) is 17.2. The highest BCUT2D eigenvalue weighted by molar-refractivity contribution is 4.94. The highest BCUT2D eigenvalue weighted by Crippen LogP contribution is 2.08. The summed E-state index contributed by atoms with van der Waals surface area (Å²) < 4.78 is 0. The van der Waals surface area contributed by atoms with Crippen LogP contribution in [0.5, 0.6) is 0 Å². The molecule has 1 saturated heterocycles. The number of nitrogens with zero attached hydrogens (tertiary/aromatic N) is 1. The second-order valence-corrected chi connectivity index (χ2v) is 4.94. The summed E-state index contributed by atoms with van der Waals surface area (Å²) in [6, 6.07) is 0. The molecule has 0 spiro atoms. The van der Waals surface area contributed by atoms with Crippen molar-refractivity contribution in [2.75, 3.05) is 46.5 Å². The van der Waals surface area contributed by atoms with Crippen LogP contribution in [0.3, 0.4) is 0 Å². The van der Waals surface area contributed by atoms with E-state index in [0.29, 0.717) is 18.7 Å². The van der Waals surface area contributed by atoms with E-state index in [-0.39, 0.29) is 12.7 Å². The maximum absolute atomic E-state index is 9.34. The smallest absolute Gasteiger partial charge is 0.0564 e. The SMILES string of the molecule is CCCO.CO.N/C(=C\NCCN1CCC(O)CC1)CCO. The first-order chi connectivity index (χ1) is 10.6. The fourth-order valence-electron chi connectivity index (χ4n) is 1.77. The van der Waals surface area contributed by atoms with E-state index >= 15 is 0 Å². The van der Waals surface area contributed by atoms with Gasteiger partial charge in [-0.1, -0.05) is 6.92 Å². The Morgan fingerprint density at radius 3 is 2.23 bits per heavy atom. The van der Waals surface area contributed by atoms with Crippen LogP contribution >= 0.6 is 0 Å². The van der Waals surface area contributed by atoms with E-state index in [1.807, 2.05) is 6.92 Å². The van der Waals surface area contributed by atoms with Gasteiger partial charge in [0, 0.05) is 64.8 Å². The van der Waals surface area contributed by atoms with Crippen molar-refractivity contribution >= 4 is 0 Å². The van der Waals surface area contributed by atoms with Gasteiger partial charge in [-0.25, -0.2) is 0 Å². The van der Waals surface area contributed by atoms with Crippen molar-refractivity contribution in [2.24, 2.45) is 5.73 Å². The van der Waals surface area contributed by atoms with Crippen molar-refractivity contribution in [3.05, 3.63) is 11.9 Å². The van der Waals surface area contributed by atoms with Crippen molar-refractivity contribution in [1.29, 1.82) is 0 Å². The van der Waals surface area contributed by atoms with Gasteiger partial charge in [-0.05, 0) is 19.3 Å². The predicted molar refractivity (Wildman–Crippen MR) is 89.2 cm³/mol. The lowest BCUT2D eigenvalue weighted by Crippen LogP contribution is -2.39. The lowest BCUT2D eigenvalue weighted by Gasteiger charge is -2.29. The maximum Gasteiger partial charge on any atom is 0.0564 e. The zero-order valence-corrected chi connectivity index (χ0v) is 14.0. The molecule has 7 N–H and O–H groups in total. The second-order valence-electron chi connectivity index (χ2n) is 4.94. The summed E-state index contributed by atoms with van der Waals surface area (Å²) in [6.07, 6.45) is 4.80. The molecule has 1 heterocycles. The third-order valence-corrected chi connectivity index (χ3v) is 3.04. The molecular formula is C15H35N3O4. The number of aliphatic hydroxyl groups is 4. The number of rotatable bonds is 7. The third kappa shape index (κ3) is 15.5. The molecule has 0 aromatic rings. The Kier molecular flexibility index (Phi) is 19.4. The first kappa shape index (κ1) is 23.4. The van der Waals surface area contributed by atoms with E-state index in [1.165, 1.54) is 0 Å². The third-order valence-electron chi connectivity index (χ3n) is 3.04. The number of aliphatic hydroxyl groups excluding tert-OH is 4. The predicted octanol–water partition coefficient (Wildman–Crippen LogP) is -0.788. The van der Waals surface area contributed by atoms with Crippen LogP contribution < -0.4 is 11.1 Å². The second kappa shape index (κ2) is 18.2. The molecule has 1 rings (SSSR count). The number of piperidine rings is 1. The molecule has 7 heteroatoms. The van der Waals surface area contributed by atoms with Gasteiger partial charge < -0.3 is 36.4 Å². The summed E-state index contributed by atoms with van der Waals surface area (Å²) in [4.78, 5) is 2.33. The van der Waals surface area contributed by atoms with Crippen molar-refractivity contribution in [3.63, 3.8) is 0 Å². The van der Waals surface area contributed by atoms with Crippen LogP contribution in [-0.4, -0.2) is 77.9 Å². The van der Waals surface area contributed by atoms with Gasteiger partial charge in [0.15, 0.2) is 0 Å². The molecule has 0 unspecified atom stereocenters. The standard InChI is InChI=1S/C11H23N3O2.C3H8O.CH4O/c12-10(3-8-15)9-13-4-7-14-5-1-11(16)2-6-14;1-2-3-4;1-2/h9,11,13,15-16H,1-8,12H2;4H,2-3H2,1H3;2H,1H3/b10-9-;;. The van der Waals surface area contributed by atoms with Crippen LogP contribution in [0.2, 0.25) is 0 Å². The summed E-state index contributed by atoms with van der Waals surface area (Å²) in [5.74, 6) is 0. The molecule has 1 fully saturated rings. The number of hydrogen-bond donors (Lipinski definition) is 6. The van der Waals surface area contributed by atoms with Gasteiger partial charge >= 0.3 is 0 Å². The van der Waals surface area contributed by atoms with Crippen LogP contribution in [0, 0.1) is 0 Å². The molecule has 0 aliphatic carbocycles. The molecule has 0 bridgehead atoms. The first-order valence-electron chi connectivity index (χ1n) is 7.88. The van der Waals surface area contributed by atoms with E-state index in [0.717, 1.165) is 52.6 Å². The Labute approximate surface area is 134 Å². The molecule has 134 valence electrons. The van der Waals surface area contributed by atoms with E-state index in [1.54, 1.807) is 6.20 Å². The highest BCUT2D eigenvalue weighted by Gasteiger charge is 2.15. The molecular weight excluding hydrogens is 286 g/mol. The molecule has 1 aliphatic heterocycles. The van der Waals surface area contributed by atoms with Crippen molar-refractivity contribution < 1.29 is 20.4 Å². The number of nitrogens with one attached hydrogen (secondary N) is 1. The monoisotopic (exact) mass is 321 g/mol. The Hall–Kier alpha value is -0.860. The van der Waals surface area contributed by atoms with E-state index in [2.05, 4.69) is 10.2 Å². The molecule has 0 amide bonds. The lowest BCUT2D eigenvalue weighted by atomic mass is 10.1. The summed E-state index contributed by atoms with van der Waals surface area (Å²) >= 11 is 0. The topological polar surface area (TPSA) is 122 Å². The fourth-order valence-corrected chi connectivity index (χ4v) is 1.77. The molecule has 0 radical (unpaired) electrons. The van der Waals surface area contributed by atoms with Crippen LogP contribution in [-0.2, 0) is 0 Å². The summed E-state index contributed by atoms with van der Waals surface area (Å²) in [6.45, 7) is 6.10. The van der Waals surface area contributed by atoms with E-state index in [9.17, 15) is 5.11 Å². The molecule has 0 saturated carbocycles. The van der Waals surface area contributed by atoms with Crippen molar-refractivity contribution in [3.8, 4) is 0 Å². The molecule has 7 nitrogen and oxygen atoms in total. The Balaban J connectivity index is 0. The summed E-state index contributed by atoms with van der Waals surface area (Å²) in [5.41, 5.74) is 6.29. The molecule has 0 aromatic heterocycles.